The number of halogens is 1. The van der Waals surface area contributed by atoms with Crippen LogP contribution in [0.1, 0.15) is 26.3 Å². The Bertz CT molecular complexity index is 434. The van der Waals surface area contributed by atoms with Gasteiger partial charge in [-0.1, -0.05) is 24.6 Å². The second-order valence-corrected chi connectivity index (χ2v) is 7.80. The highest BCUT2D eigenvalue weighted by Gasteiger charge is 2.27. The molecule has 0 amide bonds. The summed E-state index contributed by atoms with van der Waals surface area (Å²) in [7, 11) is 0. The summed E-state index contributed by atoms with van der Waals surface area (Å²) in [6.45, 7) is 10.7. The predicted octanol–water partition coefficient (Wildman–Crippen LogP) is 3.78. The third kappa shape index (κ3) is 4.04. The Labute approximate surface area is 125 Å². The van der Waals surface area contributed by atoms with Crippen LogP contribution in [0.3, 0.4) is 0 Å². The Morgan fingerprint density at radius 3 is 2.84 bits per heavy atom. The van der Waals surface area contributed by atoms with Crippen molar-refractivity contribution >= 4 is 29.1 Å². The predicted molar refractivity (Wildman–Crippen MR) is 87.6 cm³/mol. The number of nitrogens with zero attached hydrogens (tertiary/aromatic N) is 1. The number of nitrogens with one attached hydrogen (secondary N) is 1. The summed E-state index contributed by atoms with van der Waals surface area (Å²) in [5.41, 5.74) is 2.43. The van der Waals surface area contributed by atoms with Gasteiger partial charge in [-0.05, 0) is 38.1 Å². The second kappa shape index (κ2) is 6.38. The Morgan fingerprint density at radius 2 is 2.21 bits per heavy atom. The minimum Gasteiger partial charge on any atom is -0.369 e. The summed E-state index contributed by atoms with van der Waals surface area (Å²) in [6, 6.07) is 6.46. The minimum absolute atomic E-state index is 0.327. The van der Waals surface area contributed by atoms with Crippen molar-refractivity contribution in [2.45, 2.75) is 32.1 Å². The van der Waals surface area contributed by atoms with Crippen LogP contribution in [0.4, 0.5) is 5.69 Å². The van der Waals surface area contributed by atoms with Crippen LogP contribution in [-0.2, 0) is 6.54 Å². The van der Waals surface area contributed by atoms with E-state index in [1.807, 2.05) is 0 Å². The fourth-order valence-corrected chi connectivity index (χ4v) is 3.73. The lowest BCUT2D eigenvalue weighted by atomic mass is 10.1. The number of anilines is 1. The van der Waals surface area contributed by atoms with Crippen LogP contribution in [0, 0.1) is 0 Å². The van der Waals surface area contributed by atoms with Crippen molar-refractivity contribution < 1.29 is 0 Å². The van der Waals surface area contributed by atoms with Gasteiger partial charge in [0.15, 0.2) is 0 Å². The van der Waals surface area contributed by atoms with Gasteiger partial charge in [-0.2, -0.15) is 11.8 Å². The van der Waals surface area contributed by atoms with Gasteiger partial charge in [0, 0.05) is 40.8 Å². The summed E-state index contributed by atoms with van der Waals surface area (Å²) in [5, 5.41) is 4.19. The molecule has 0 radical (unpaired) electrons. The second-order valence-electron chi connectivity index (χ2n) is 5.59. The largest absolute Gasteiger partial charge is 0.369 e. The molecule has 1 N–H and O–H groups in total. The van der Waals surface area contributed by atoms with E-state index in [9.17, 15) is 0 Å². The number of hydrogen-bond donors (Lipinski definition) is 1. The molecular weight excluding hydrogens is 276 g/mol. The van der Waals surface area contributed by atoms with E-state index in [-0.39, 0.29) is 0 Å². The number of thioether (sulfide) groups is 1. The van der Waals surface area contributed by atoms with Crippen molar-refractivity contribution in [2.24, 2.45) is 0 Å². The summed E-state index contributed by atoms with van der Waals surface area (Å²) in [6.07, 6.45) is 0. The molecule has 0 bridgehead atoms. The molecule has 0 saturated carbocycles. The zero-order chi connectivity index (χ0) is 13.9. The van der Waals surface area contributed by atoms with Gasteiger partial charge in [0.05, 0.1) is 0 Å². The highest BCUT2D eigenvalue weighted by Crippen LogP contribution is 2.33. The Morgan fingerprint density at radius 1 is 1.42 bits per heavy atom. The molecule has 1 aliphatic rings. The molecule has 0 atom stereocenters. The smallest absolute Gasteiger partial charge is 0.0471 e. The molecule has 1 fully saturated rings. The molecule has 1 aromatic rings. The van der Waals surface area contributed by atoms with Gasteiger partial charge < -0.3 is 10.2 Å². The molecule has 0 aliphatic carbocycles. The van der Waals surface area contributed by atoms with Crippen molar-refractivity contribution in [3.8, 4) is 0 Å². The first-order valence-electron chi connectivity index (χ1n) is 6.90. The molecule has 1 saturated heterocycles. The van der Waals surface area contributed by atoms with Gasteiger partial charge in [-0.3, -0.25) is 0 Å². The third-order valence-corrected chi connectivity index (χ3v) is 5.04. The summed E-state index contributed by atoms with van der Waals surface area (Å²) in [5.74, 6) is 1.18. The van der Waals surface area contributed by atoms with Gasteiger partial charge in [-0.15, -0.1) is 0 Å². The maximum atomic E-state index is 6.38. The molecule has 4 heteroatoms. The van der Waals surface area contributed by atoms with Crippen molar-refractivity contribution in [1.82, 2.24) is 5.32 Å². The van der Waals surface area contributed by atoms with Crippen LogP contribution >= 0.6 is 23.4 Å². The molecule has 19 heavy (non-hydrogen) atoms. The molecule has 2 nitrogen and oxygen atoms in total. The zero-order valence-electron chi connectivity index (χ0n) is 12.0. The standard InChI is InChI=1S/C15H23ClN2S/c1-4-17-10-12-5-6-13(9-14(12)16)18-7-8-19-15(2,3)11-18/h5-6,9,17H,4,7-8,10-11H2,1-3H3. The van der Waals surface area contributed by atoms with Gasteiger partial charge in [0.2, 0.25) is 0 Å². The summed E-state index contributed by atoms with van der Waals surface area (Å²) >= 11 is 8.44. The van der Waals surface area contributed by atoms with E-state index >= 15 is 0 Å². The molecular formula is C15H23ClN2S. The van der Waals surface area contributed by atoms with E-state index in [4.69, 9.17) is 11.6 Å². The SMILES string of the molecule is CCNCc1ccc(N2CCSC(C)(C)C2)cc1Cl. The molecule has 1 heterocycles. The molecule has 106 valence electrons. The molecule has 1 aromatic carbocycles. The summed E-state index contributed by atoms with van der Waals surface area (Å²) in [4.78, 5) is 2.44. The fourth-order valence-electron chi connectivity index (χ4n) is 2.37. The Hall–Kier alpha value is -0.380. The van der Waals surface area contributed by atoms with E-state index in [1.54, 1.807) is 0 Å². The van der Waals surface area contributed by atoms with Gasteiger partial charge in [0.1, 0.15) is 0 Å². The van der Waals surface area contributed by atoms with Crippen LogP contribution < -0.4 is 10.2 Å². The maximum absolute atomic E-state index is 6.38. The minimum atomic E-state index is 0.327. The maximum Gasteiger partial charge on any atom is 0.0471 e. The molecule has 0 unspecified atom stereocenters. The quantitative estimate of drug-likeness (QED) is 0.911. The van der Waals surface area contributed by atoms with E-state index in [0.29, 0.717) is 4.75 Å². The van der Waals surface area contributed by atoms with Crippen LogP contribution in [0.25, 0.3) is 0 Å². The topological polar surface area (TPSA) is 15.3 Å². The third-order valence-electron chi connectivity index (χ3n) is 3.39. The highest BCUT2D eigenvalue weighted by molar-refractivity contribution is 8.00. The van der Waals surface area contributed by atoms with Crippen molar-refractivity contribution in [1.29, 1.82) is 0 Å². The Kier molecular flexibility index (Phi) is 5.04. The van der Waals surface area contributed by atoms with Crippen LogP contribution in [0.15, 0.2) is 18.2 Å². The van der Waals surface area contributed by atoms with Gasteiger partial charge in [-0.25, -0.2) is 0 Å². The van der Waals surface area contributed by atoms with E-state index in [2.05, 4.69) is 60.9 Å². The first kappa shape index (κ1) is 15.0. The molecule has 0 aromatic heterocycles. The van der Waals surface area contributed by atoms with Crippen LogP contribution in [0.2, 0.25) is 5.02 Å². The van der Waals surface area contributed by atoms with Gasteiger partial charge in [0.25, 0.3) is 0 Å². The van der Waals surface area contributed by atoms with Crippen molar-refractivity contribution in [3.05, 3.63) is 28.8 Å². The Balaban J connectivity index is 2.10. The van der Waals surface area contributed by atoms with E-state index < -0.39 is 0 Å². The molecule has 0 spiro atoms. The molecule has 1 aliphatic heterocycles. The monoisotopic (exact) mass is 298 g/mol. The normalized spacial score (nSPS) is 18.6. The first-order valence-corrected chi connectivity index (χ1v) is 8.26. The van der Waals surface area contributed by atoms with Crippen molar-refractivity contribution in [3.63, 3.8) is 0 Å². The highest BCUT2D eigenvalue weighted by atomic mass is 35.5. The first-order chi connectivity index (χ1) is 9.02. The average Bonchev–Trinajstić information content (AvgIpc) is 2.36. The van der Waals surface area contributed by atoms with Crippen LogP contribution in [0.5, 0.6) is 0 Å². The summed E-state index contributed by atoms with van der Waals surface area (Å²) < 4.78 is 0.327. The van der Waals surface area contributed by atoms with E-state index in [0.717, 1.165) is 31.2 Å². The number of benzene rings is 1. The van der Waals surface area contributed by atoms with Crippen molar-refractivity contribution in [2.75, 3.05) is 30.3 Å². The number of hydrogen-bond acceptors (Lipinski definition) is 3. The lowest BCUT2D eigenvalue weighted by Gasteiger charge is -2.39. The lowest BCUT2D eigenvalue weighted by Crippen LogP contribution is -2.43. The van der Waals surface area contributed by atoms with E-state index in [1.165, 1.54) is 17.0 Å². The fraction of sp³-hybridized carbons (Fsp3) is 0.600. The average molecular weight is 299 g/mol. The number of rotatable bonds is 4. The zero-order valence-corrected chi connectivity index (χ0v) is 13.6. The molecule has 2 rings (SSSR count). The van der Waals surface area contributed by atoms with Crippen LogP contribution in [-0.4, -0.2) is 30.1 Å². The lowest BCUT2D eigenvalue weighted by molar-refractivity contribution is 0.647. The van der Waals surface area contributed by atoms with Gasteiger partial charge >= 0.3 is 0 Å².